The number of ketones is 1. The Morgan fingerprint density at radius 1 is 1.43 bits per heavy atom. The van der Waals surface area contributed by atoms with Crippen molar-refractivity contribution >= 4 is 23.1 Å². The minimum absolute atomic E-state index is 0.190. The summed E-state index contributed by atoms with van der Waals surface area (Å²) in [7, 11) is 0. The number of rotatable bonds is 0. The molecule has 1 aromatic rings. The van der Waals surface area contributed by atoms with Gasteiger partial charge < -0.3 is 5.32 Å². The van der Waals surface area contributed by atoms with E-state index in [0.29, 0.717) is 11.4 Å². The first-order chi connectivity index (χ1) is 6.68. The van der Waals surface area contributed by atoms with Crippen molar-refractivity contribution in [3.8, 4) is 0 Å². The van der Waals surface area contributed by atoms with E-state index in [9.17, 15) is 4.79 Å². The molecule has 1 N–H and O–H groups in total. The van der Waals surface area contributed by atoms with Gasteiger partial charge in [0.25, 0.3) is 0 Å². The van der Waals surface area contributed by atoms with Crippen LogP contribution in [-0.4, -0.2) is 12.3 Å². The zero-order valence-electron chi connectivity index (χ0n) is 8.06. The fraction of sp³-hybridized carbons (Fsp3) is 0.364. The molecule has 0 amide bonds. The van der Waals surface area contributed by atoms with Crippen LogP contribution in [0.1, 0.15) is 28.8 Å². The normalized spacial score (nSPS) is 15.7. The summed E-state index contributed by atoms with van der Waals surface area (Å²) >= 11 is 5.92. The Kier molecular flexibility index (Phi) is 2.46. The molecule has 2 nitrogen and oxygen atoms in total. The molecule has 14 heavy (non-hydrogen) atoms. The maximum Gasteiger partial charge on any atom is 0.165 e. The Hall–Kier alpha value is -1.02. The SMILES string of the molecule is Cc1cc(Cl)cc2c1NCCCC2=O. The molecule has 2 rings (SSSR count). The Balaban J connectivity index is 2.58. The highest BCUT2D eigenvalue weighted by Crippen LogP contribution is 2.28. The second-order valence-corrected chi connectivity index (χ2v) is 4.04. The molecule has 1 aliphatic rings. The van der Waals surface area contributed by atoms with Gasteiger partial charge in [0.15, 0.2) is 5.78 Å². The van der Waals surface area contributed by atoms with Crippen LogP contribution in [0.4, 0.5) is 5.69 Å². The Morgan fingerprint density at radius 2 is 2.21 bits per heavy atom. The predicted octanol–water partition coefficient (Wildman–Crippen LogP) is 3.04. The van der Waals surface area contributed by atoms with Gasteiger partial charge >= 0.3 is 0 Å². The fourth-order valence-corrected chi connectivity index (χ4v) is 2.07. The van der Waals surface area contributed by atoms with E-state index < -0.39 is 0 Å². The topological polar surface area (TPSA) is 29.1 Å². The number of benzene rings is 1. The number of hydrogen-bond donors (Lipinski definition) is 1. The molecule has 0 fully saturated rings. The lowest BCUT2D eigenvalue weighted by molar-refractivity contribution is 0.0984. The molecule has 0 saturated heterocycles. The van der Waals surface area contributed by atoms with Crippen molar-refractivity contribution < 1.29 is 4.79 Å². The van der Waals surface area contributed by atoms with Gasteiger partial charge in [-0.1, -0.05) is 11.6 Å². The highest BCUT2D eigenvalue weighted by molar-refractivity contribution is 6.31. The Labute approximate surface area is 88.3 Å². The van der Waals surface area contributed by atoms with Crippen LogP contribution >= 0.6 is 11.6 Å². The van der Waals surface area contributed by atoms with Gasteiger partial charge in [-0.15, -0.1) is 0 Å². The van der Waals surface area contributed by atoms with Crippen LogP contribution in [0.2, 0.25) is 5.02 Å². The molecular weight excluding hydrogens is 198 g/mol. The number of Topliss-reactive ketones (excluding diaryl/α,β-unsaturated/α-hetero) is 1. The number of aryl methyl sites for hydroxylation is 1. The summed E-state index contributed by atoms with van der Waals surface area (Å²) in [6, 6.07) is 3.64. The number of anilines is 1. The van der Waals surface area contributed by atoms with E-state index in [2.05, 4.69) is 5.32 Å². The maximum absolute atomic E-state index is 11.7. The fourth-order valence-electron chi connectivity index (χ4n) is 1.79. The first-order valence-electron chi connectivity index (χ1n) is 4.75. The largest absolute Gasteiger partial charge is 0.384 e. The van der Waals surface area contributed by atoms with Gasteiger partial charge in [0.2, 0.25) is 0 Å². The first kappa shape index (κ1) is 9.53. The molecule has 0 spiro atoms. The summed E-state index contributed by atoms with van der Waals surface area (Å²) in [4.78, 5) is 11.7. The molecule has 1 heterocycles. The summed E-state index contributed by atoms with van der Waals surface area (Å²) in [5.41, 5.74) is 2.74. The summed E-state index contributed by atoms with van der Waals surface area (Å²) < 4.78 is 0. The summed E-state index contributed by atoms with van der Waals surface area (Å²) in [6.45, 7) is 2.83. The van der Waals surface area contributed by atoms with E-state index in [1.165, 1.54) is 0 Å². The average Bonchev–Trinajstić information content (AvgIpc) is 2.29. The van der Waals surface area contributed by atoms with Gasteiger partial charge in [0, 0.05) is 29.2 Å². The number of fused-ring (bicyclic) bond motifs is 1. The number of halogens is 1. The Morgan fingerprint density at radius 3 is 3.00 bits per heavy atom. The minimum atomic E-state index is 0.190. The third-order valence-corrected chi connectivity index (χ3v) is 2.70. The van der Waals surface area contributed by atoms with Crippen LogP contribution in [0, 0.1) is 6.92 Å². The van der Waals surface area contributed by atoms with Gasteiger partial charge in [0.05, 0.1) is 0 Å². The van der Waals surface area contributed by atoms with Gasteiger partial charge in [-0.05, 0) is 31.0 Å². The zero-order valence-corrected chi connectivity index (χ0v) is 8.82. The van der Waals surface area contributed by atoms with Crippen molar-refractivity contribution in [3.63, 3.8) is 0 Å². The second kappa shape index (κ2) is 3.62. The van der Waals surface area contributed by atoms with Gasteiger partial charge in [0.1, 0.15) is 0 Å². The van der Waals surface area contributed by atoms with Gasteiger partial charge in [-0.25, -0.2) is 0 Å². The van der Waals surface area contributed by atoms with Crippen LogP contribution in [-0.2, 0) is 0 Å². The third kappa shape index (κ3) is 1.62. The molecule has 1 aliphatic heterocycles. The average molecular weight is 210 g/mol. The molecule has 0 radical (unpaired) electrons. The van der Waals surface area contributed by atoms with E-state index in [1.54, 1.807) is 6.07 Å². The smallest absolute Gasteiger partial charge is 0.165 e. The predicted molar refractivity (Wildman–Crippen MR) is 58.2 cm³/mol. The highest BCUT2D eigenvalue weighted by atomic mass is 35.5. The maximum atomic E-state index is 11.7. The molecule has 0 unspecified atom stereocenters. The summed E-state index contributed by atoms with van der Waals surface area (Å²) in [6.07, 6.45) is 1.50. The van der Waals surface area contributed by atoms with Crippen molar-refractivity contribution in [2.45, 2.75) is 19.8 Å². The lowest BCUT2D eigenvalue weighted by Gasteiger charge is -2.10. The van der Waals surface area contributed by atoms with E-state index in [4.69, 9.17) is 11.6 Å². The number of carbonyl (C=O) groups is 1. The van der Waals surface area contributed by atoms with Crippen molar-refractivity contribution in [2.24, 2.45) is 0 Å². The quantitative estimate of drug-likeness (QED) is 0.712. The van der Waals surface area contributed by atoms with Crippen molar-refractivity contribution in [1.29, 1.82) is 0 Å². The van der Waals surface area contributed by atoms with Crippen LogP contribution in [0.3, 0.4) is 0 Å². The number of nitrogens with one attached hydrogen (secondary N) is 1. The second-order valence-electron chi connectivity index (χ2n) is 3.60. The molecule has 0 aromatic heterocycles. The highest BCUT2D eigenvalue weighted by Gasteiger charge is 2.17. The molecule has 74 valence electrons. The van der Waals surface area contributed by atoms with Crippen LogP contribution < -0.4 is 5.32 Å². The van der Waals surface area contributed by atoms with Gasteiger partial charge in [-0.3, -0.25) is 4.79 Å². The van der Waals surface area contributed by atoms with E-state index >= 15 is 0 Å². The molecule has 0 atom stereocenters. The lowest BCUT2D eigenvalue weighted by Crippen LogP contribution is -2.02. The molecule has 0 saturated carbocycles. The van der Waals surface area contributed by atoms with E-state index in [1.807, 2.05) is 13.0 Å². The van der Waals surface area contributed by atoms with E-state index in [-0.39, 0.29) is 5.78 Å². The lowest BCUT2D eigenvalue weighted by atomic mass is 10.0. The van der Waals surface area contributed by atoms with Gasteiger partial charge in [-0.2, -0.15) is 0 Å². The zero-order chi connectivity index (χ0) is 10.1. The number of hydrogen-bond acceptors (Lipinski definition) is 2. The monoisotopic (exact) mass is 209 g/mol. The standard InChI is InChI=1S/C11H12ClNO/c1-7-5-8(12)6-9-10(14)3-2-4-13-11(7)9/h5-6,13H,2-4H2,1H3. The first-order valence-corrected chi connectivity index (χ1v) is 5.13. The third-order valence-electron chi connectivity index (χ3n) is 2.48. The number of carbonyl (C=O) groups excluding carboxylic acids is 1. The van der Waals surface area contributed by atoms with Crippen LogP contribution in [0.15, 0.2) is 12.1 Å². The molecular formula is C11H12ClNO. The van der Waals surface area contributed by atoms with E-state index in [0.717, 1.165) is 29.8 Å². The minimum Gasteiger partial charge on any atom is -0.384 e. The molecule has 0 aliphatic carbocycles. The van der Waals surface area contributed by atoms with Crippen LogP contribution in [0.25, 0.3) is 0 Å². The molecule has 1 aromatic carbocycles. The van der Waals surface area contributed by atoms with Crippen molar-refractivity contribution in [2.75, 3.05) is 11.9 Å². The molecule has 3 heteroatoms. The summed E-state index contributed by atoms with van der Waals surface area (Å²) in [5.74, 6) is 0.190. The van der Waals surface area contributed by atoms with Crippen molar-refractivity contribution in [3.05, 3.63) is 28.3 Å². The Bertz CT molecular complexity index is 387. The van der Waals surface area contributed by atoms with Crippen molar-refractivity contribution in [1.82, 2.24) is 0 Å². The van der Waals surface area contributed by atoms with Crippen LogP contribution in [0.5, 0.6) is 0 Å². The summed E-state index contributed by atoms with van der Waals surface area (Å²) in [5, 5.41) is 3.91. The molecule has 0 bridgehead atoms.